The zero-order valence-electron chi connectivity index (χ0n) is 15.8. The summed E-state index contributed by atoms with van der Waals surface area (Å²) in [5.74, 6) is -2.78. The van der Waals surface area contributed by atoms with Gasteiger partial charge in [-0.3, -0.25) is 29.8 Å². The summed E-state index contributed by atoms with van der Waals surface area (Å²) in [5.41, 5.74) is 1.67. The third-order valence-corrected chi connectivity index (χ3v) is 6.69. The maximum absolute atomic E-state index is 12.9. The van der Waals surface area contributed by atoms with Gasteiger partial charge in [-0.2, -0.15) is 0 Å². The molecule has 4 heterocycles. The second-order valence-corrected chi connectivity index (χ2v) is 8.12. The van der Waals surface area contributed by atoms with E-state index >= 15 is 0 Å². The number of benzene rings is 2. The summed E-state index contributed by atoms with van der Waals surface area (Å²) in [6.45, 7) is 0. The molecule has 6 rings (SSSR count). The van der Waals surface area contributed by atoms with Crippen LogP contribution in [0, 0.1) is 11.8 Å². The van der Waals surface area contributed by atoms with Crippen LogP contribution in [0.25, 0.3) is 0 Å². The minimum Gasteiger partial charge on any atom is -0.295 e. The SMILES string of the molecule is O=C1NC(=O)[C@@H]2[C@@H]1[C@@H](c1ccccc1)N1[C@@H]3C(=O)NC(=O)[C@@H]3[C@@H](c3ccccc3)N21. The fourth-order valence-electron chi connectivity index (χ4n) is 5.64. The number of amides is 4. The van der Waals surface area contributed by atoms with E-state index in [0.717, 1.165) is 11.1 Å². The van der Waals surface area contributed by atoms with Gasteiger partial charge in [-0.15, -0.1) is 0 Å². The summed E-state index contributed by atoms with van der Waals surface area (Å²) in [5, 5.41) is 8.57. The molecule has 150 valence electrons. The van der Waals surface area contributed by atoms with Crippen molar-refractivity contribution in [2.45, 2.75) is 24.2 Å². The average molecular weight is 402 g/mol. The van der Waals surface area contributed by atoms with E-state index in [9.17, 15) is 19.2 Å². The van der Waals surface area contributed by atoms with E-state index in [1.807, 2.05) is 70.7 Å². The van der Waals surface area contributed by atoms with Gasteiger partial charge in [0.15, 0.2) is 0 Å². The van der Waals surface area contributed by atoms with Gasteiger partial charge in [0.2, 0.25) is 23.6 Å². The molecule has 0 aromatic heterocycles. The third kappa shape index (κ3) is 2.12. The van der Waals surface area contributed by atoms with Crippen LogP contribution in [0.5, 0.6) is 0 Å². The Hall–Kier alpha value is -3.36. The van der Waals surface area contributed by atoms with Crippen LogP contribution in [-0.2, 0) is 19.2 Å². The highest BCUT2D eigenvalue weighted by Crippen LogP contribution is 2.56. The van der Waals surface area contributed by atoms with Crippen LogP contribution in [0.4, 0.5) is 0 Å². The molecule has 0 saturated carbocycles. The molecule has 0 aliphatic carbocycles. The van der Waals surface area contributed by atoms with Crippen LogP contribution in [0.2, 0.25) is 0 Å². The Morgan fingerprint density at radius 1 is 0.500 bits per heavy atom. The van der Waals surface area contributed by atoms with Crippen molar-refractivity contribution < 1.29 is 19.2 Å². The smallest absolute Gasteiger partial charge is 0.246 e. The first-order chi connectivity index (χ1) is 14.6. The minimum atomic E-state index is -0.765. The van der Waals surface area contributed by atoms with Crippen molar-refractivity contribution in [3.63, 3.8) is 0 Å². The molecule has 2 aromatic carbocycles. The summed E-state index contributed by atoms with van der Waals surface area (Å²) < 4.78 is 0. The van der Waals surface area contributed by atoms with E-state index in [1.165, 1.54) is 0 Å². The first kappa shape index (κ1) is 17.5. The van der Waals surface area contributed by atoms with Crippen LogP contribution < -0.4 is 10.6 Å². The van der Waals surface area contributed by atoms with Crippen LogP contribution in [0.3, 0.4) is 0 Å². The quantitative estimate of drug-likeness (QED) is 0.701. The topological polar surface area (TPSA) is 98.8 Å². The largest absolute Gasteiger partial charge is 0.295 e. The Morgan fingerprint density at radius 3 is 1.23 bits per heavy atom. The van der Waals surface area contributed by atoms with E-state index < -0.39 is 36.0 Å². The number of imide groups is 2. The molecular formula is C22H18N4O4. The second-order valence-electron chi connectivity index (χ2n) is 8.12. The van der Waals surface area contributed by atoms with Crippen LogP contribution in [0.15, 0.2) is 60.7 Å². The van der Waals surface area contributed by atoms with Crippen molar-refractivity contribution in [3.05, 3.63) is 71.8 Å². The summed E-state index contributed by atoms with van der Waals surface area (Å²) in [6.07, 6.45) is 0. The average Bonchev–Trinajstić information content (AvgIpc) is 3.43. The highest BCUT2D eigenvalue weighted by Gasteiger charge is 2.71. The van der Waals surface area contributed by atoms with Gasteiger partial charge < -0.3 is 0 Å². The van der Waals surface area contributed by atoms with E-state index in [4.69, 9.17) is 0 Å². The van der Waals surface area contributed by atoms with Gasteiger partial charge in [0.1, 0.15) is 12.1 Å². The van der Waals surface area contributed by atoms with Crippen LogP contribution in [0.1, 0.15) is 23.2 Å². The molecule has 0 unspecified atom stereocenters. The Kier molecular flexibility index (Phi) is 3.54. The summed E-state index contributed by atoms with van der Waals surface area (Å²) in [4.78, 5) is 51.3. The lowest BCUT2D eigenvalue weighted by Gasteiger charge is -2.33. The van der Waals surface area contributed by atoms with Crippen LogP contribution >= 0.6 is 0 Å². The van der Waals surface area contributed by atoms with Gasteiger partial charge in [-0.1, -0.05) is 60.7 Å². The van der Waals surface area contributed by atoms with E-state index in [-0.39, 0.29) is 23.6 Å². The summed E-state index contributed by atoms with van der Waals surface area (Å²) in [6, 6.07) is 16.2. The molecule has 4 aliphatic heterocycles. The van der Waals surface area contributed by atoms with Gasteiger partial charge in [-0.25, -0.2) is 10.0 Å². The van der Waals surface area contributed by atoms with E-state index in [2.05, 4.69) is 10.6 Å². The molecule has 8 heteroatoms. The first-order valence-electron chi connectivity index (χ1n) is 9.94. The number of fused-ring (bicyclic) bond motifs is 5. The number of rotatable bonds is 2. The minimum absolute atomic E-state index is 0.346. The predicted molar refractivity (Wildman–Crippen MR) is 103 cm³/mol. The highest BCUT2D eigenvalue weighted by molar-refractivity contribution is 6.10. The molecule has 4 saturated heterocycles. The molecule has 8 nitrogen and oxygen atoms in total. The number of hydrazine groups is 1. The monoisotopic (exact) mass is 402 g/mol. The molecule has 0 spiro atoms. The molecule has 2 N–H and O–H groups in total. The third-order valence-electron chi connectivity index (χ3n) is 6.69. The molecule has 4 fully saturated rings. The van der Waals surface area contributed by atoms with E-state index in [0.29, 0.717) is 0 Å². The number of carbonyl (C=O) groups excluding carboxylic acids is 4. The maximum Gasteiger partial charge on any atom is 0.246 e. The Balaban J connectivity index is 1.58. The normalized spacial score (nSPS) is 35.2. The molecule has 4 amide bonds. The lowest BCUT2D eigenvalue weighted by Crippen LogP contribution is -2.48. The zero-order valence-corrected chi connectivity index (χ0v) is 15.8. The standard InChI is InChI=1S/C22H18N4O4/c27-19-13-15(11-7-3-1-4-8-11)25-18-14(20(28)24-22(18)30)16(12-9-5-2-6-10-12)26(25)17(13)21(29)23-19/h1-10,13-18H,(H,23,27,29)(H,24,28,30)/t13-,14+,15-,16-,17+,18+/m1/s1. The highest BCUT2D eigenvalue weighted by atomic mass is 16.2. The molecule has 0 bridgehead atoms. The maximum atomic E-state index is 12.9. The zero-order chi connectivity index (χ0) is 20.6. The summed E-state index contributed by atoms with van der Waals surface area (Å²) in [7, 11) is 0. The lowest BCUT2D eigenvalue weighted by molar-refractivity contribution is -0.139. The van der Waals surface area contributed by atoms with Gasteiger partial charge in [0.05, 0.1) is 23.9 Å². The molecule has 6 atom stereocenters. The predicted octanol–water partition coefficient (Wildman–Crippen LogP) is 0.298. The number of nitrogens with one attached hydrogen (secondary N) is 2. The van der Waals surface area contributed by atoms with Gasteiger partial charge in [0.25, 0.3) is 0 Å². The van der Waals surface area contributed by atoms with Gasteiger partial charge in [0, 0.05) is 0 Å². The number of hydrogen-bond donors (Lipinski definition) is 2. The number of nitrogens with zero attached hydrogens (tertiary/aromatic N) is 2. The fourth-order valence-corrected chi connectivity index (χ4v) is 5.64. The molecular weight excluding hydrogens is 384 g/mol. The molecule has 2 aromatic rings. The first-order valence-corrected chi connectivity index (χ1v) is 9.94. The fraction of sp³-hybridized carbons (Fsp3) is 0.273. The van der Waals surface area contributed by atoms with Gasteiger partial charge >= 0.3 is 0 Å². The van der Waals surface area contributed by atoms with Crippen molar-refractivity contribution in [1.29, 1.82) is 0 Å². The summed E-state index contributed by atoms with van der Waals surface area (Å²) >= 11 is 0. The molecule has 4 aliphatic rings. The van der Waals surface area contributed by atoms with Crippen molar-refractivity contribution in [2.75, 3.05) is 0 Å². The van der Waals surface area contributed by atoms with Crippen LogP contribution in [-0.4, -0.2) is 45.7 Å². The Labute approximate surface area is 171 Å². The van der Waals surface area contributed by atoms with E-state index in [1.54, 1.807) is 0 Å². The Bertz CT molecular complexity index is 1000. The Morgan fingerprint density at radius 2 is 0.867 bits per heavy atom. The molecule has 0 radical (unpaired) electrons. The lowest BCUT2D eigenvalue weighted by atomic mass is 9.84. The van der Waals surface area contributed by atoms with Crippen molar-refractivity contribution in [2.24, 2.45) is 11.8 Å². The van der Waals surface area contributed by atoms with Crippen molar-refractivity contribution in [1.82, 2.24) is 20.7 Å². The number of hydrogen-bond acceptors (Lipinski definition) is 6. The van der Waals surface area contributed by atoms with Crippen molar-refractivity contribution >= 4 is 23.6 Å². The number of carbonyl (C=O) groups is 4. The van der Waals surface area contributed by atoms with Crippen molar-refractivity contribution in [3.8, 4) is 0 Å². The second kappa shape index (κ2) is 6.07. The molecule has 30 heavy (non-hydrogen) atoms. The van der Waals surface area contributed by atoms with Gasteiger partial charge in [-0.05, 0) is 11.1 Å².